The highest BCUT2D eigenvalue weighted by Gasteiger charge is 2.19. The number of methoxy groups -OCH3 is 2. The van der Waals surface area contributed by atoms with Gasteiger partial charge in [-0.25, -0.2) is 0 Å². The summed E-state index contributed by atoms with van der Waals surface area (Å²) in [5.41, 5.74) is 2.03. The minimum absolute atomic E-state index is 0.195. The van der Waals surface area contributed by atoms with Crippen molar-refractivity contribution >= 4 is 12.2 Å². The van der Waals surface area contributed by atoms with Crippen molar-refractivity contribution in [3.63, 3.8) is 0 Å². The Balaban J connectivity index is 1.45. The lowest BCUT2D eigenvalue weighted by molar-refractivity contribution is 0.0428. The van der Waals surface area contributed by atoms with Crippen LogP contribution in [-0.2, 0) is 0 Å². The number of rotatable bonds is 11. The average Bonchev–Trinajstić information content (AvgIpc) is 2.83. The Hall–Kier alpha value is -2.58. The molecule has 1 saturated heterocycles. The van der Waals surface area contributed by atoms with Gasteiger partial charge in [0.05, 0.1) is 20.8 Å². The second kappa shape index (κ2) is 12.5. The average molecular weight is 443 g/mol. The fourth-order valence-electron chi connectivity index (χ4n) is 3.67. The van der Waals surface area contributed by atoms with E-state index in [0.717, 1.165) is 61.1 Å². The van der Waals surface area contributed by atoms with Gasteiger partial charge in [0.15, 0.2) is 0 Å². The first-order valence-corrected chi connectivity index (χ1v) is 11.0. The molecule has 7 nitrogen and oxygen atoms in total. The molecule has 0 saturated carbocycles. The molecule has 1 heterocycles. The molecule has 3 rings (SSSR count). The van der Waals surface area contributed by atoms with Crippen molar-refractivity contribution in [3.05, 3.63) is 53.6 Å². The third-order valence-corrected chi connectivity index (χ3v) is 5.51. The summed E-state index contributed by atoms with van der Waals surface area (Å²) in [5, 5.41) is 19.4. The lowest BCUT2D eigenvalue weighted by Gasteiger charge is -2.35. The number of benzene rings is 2. The van der Waals surface area contributed by atoms with Crippen LogP contribution in [0.2, 0.25) is 0 Å². The Bertz CT molecular complexity index is 826. The summed E-state index contributed by atoms with van der Waals surface area (Å²) in [6.45, 7) is 5.42. The second-order valence-corrected chi connectivity index (χ2v) is 7.88. The summed E-state index contributed by atoms with van der Waals surface area (Å²) in [6, 6.07) is 13.5. The minimum Gasteiger partial charge on any atom is -0.497 e. The standard InChI is InChI=1S/C25H34N2O5/c1-30-24-15-21(16-25(17-24)31-2)4-3-20-5-7-23(8-6-20)32-19-22(29)18-27-11-9-26(10-12-27)13-14-28/h3-8,15-17,22,28-29H,9-14,18-19H2,1-2H3/b4-3+. The van der Waals surface area contributed by atoms with Gasteiger partial charge in [0.1, 0.15) is 30.0 Å². The van der Waals surface area contributed by atoms with E-state index >= 15 is 0 Å². The molecule has 0 spiro atoms. The van der Waals surface area contributed by atoms with E-state index in [1.807, 2.05) is 54.6 Å². The molecular formula is C25H34N2O5. The van der Waals surface area contributed by atoms with Gasteiger partial charge in [-0.2, -0.15) is 0 Å². The number of aliphatic hydroxyl groups excluding tert-OH is 2. The molecule has 0 bridgehead atoms. The molecule has 1 atom stereocenters. The predicted molar refractivity (Wildman–Crippen MR) is 126 cm³/mol. The third kappa shape index (κ3) is 7.53. The molecule has 174 valence electrons. The van der Waals surface area contributed by atoms with Crippen LogP contribution < -0.4 is 14.2 Å². The van der Waals surface area contributed by atoms with Crippen LogP contribution in [-0.4, -0.2) is 92.8 Å². The maximum Gasteiger partial charge on any atom is 0.123 e. The van der Waals surface area contributed by atoms with Gasteiger partial charge in [-0.3, -0.25) is 9.80 Å². The summed E-state index contributed by atoms with van der Waals surface area (Å²) in [4.78, 5) is 4.48. The molecule has 0 radical (unpaired) electrons. The van der Waals surface area contributed by atoms with Crippen LogP contribution in [0.15, 0.2) is 42.5 Å². The summed E-state index contributed by atoms with van der Waals surface area (Å²) >= 11 is 0. The lowest BCUT2D eigenvalue weighted by Crippen LogP contribution is -2.49. The zero-order valence-corrected chi connectivity index (χ0v) is 18.9. The van der Waals surface area contributed by atoms with E-state index in [4.69, 9.17) is 19.3 Å². The van der Waals surface area contributed by atoms with Crippen LogP contribution >= 0.6 is 0 Å². The first-order valence-electron chi connectivity index (χ1n) is 11.0. The SMILES string of the molecule is COc1cc(/C=C/c2ccc(OCC(O)CN3CCN(CCO)CC3)cc2)cc(OC)c1. The number of β-amino-alcohol motifs (C(OH)–C–C–N with tert-alkyl or cyclic N) is 2. The summed E-state index contributed by atoms with van der Waals surface area (Å²) < 4.78 is 16.4. The first kappa shape index (κ1) is 24.1. The smallest absolute Gasteiger partial charge is 0.123 e. The van der Waals surface area contributed by atoms with Gasteiger partial charge < -0.3 is 24.4 Å². The Morgan fingerprint density at radius 1 is 0.844 bits per heavy atom. The number of hydrogen-bond acceptors (Lipinski definition) is 7. The largest absolute Gasteiger partial charge is 0.497 e. The molecule has 2 aromatic carbocycles. The van der Waals surface area contributed by atoms with E-state index < -0.39 is 6.10 Å². The van der Waals surface area contributed by atoms with Gasteiger partial charge in [0.2, 0.25) is 0 Å². The molecule has 1 unspecified atom stereocenters. The van der Waals surface area contributed by atoms with Gasteiger partial charge in [0, 0.05) is 45.3 Å². The molecule has 2 aromatic rings. The van der Waals surface area contributed by atoms with Gasteiger partial charge >= 0.3 is 0 Å². The van der Waals surface area contributed by atoms with Gasteiger partial charge in [-0.1, -0.05) is 24.3 Å². The summed E-state index contributed by atoms with van der Waals surface area (Å²) in [6.07, 6.45) is 3.48. The van der Waals surface area contributed by atoms with Crippen molar-refractivity contribution in [1.82, 2.24) is 9.80 Å². The highest BCUT2D eigenvalue weighted by atomic mass is 16.5. The van der Waals surface area contributed by atoms with Crippen molar-refractivity contribution in [1.29, 1.82) is 0 Å². The maximum absolute atomic E-state index is 10.3. The molecular weight excluding hydrogens is 408 g/mol. The highest BCUT2D eigenvalue weighted by molar-refractivity contribution is 5.71. The Morgan fingerprint density at radius 3 is 2.03 bits per heavy atom. The zero-order chi connectivity index (χ0) is 22.8. The van der Waals surface area contributed by atoms with Crippen LogP contribution in [0.4, 0.5) is 0 Å². The van der Waals surface area contributed by atoms with E-state index in [9.17, 15) is 5.11 Å². The quantitative estimate of drug-likeness (QED) is 0.517. The molecule has 0 amide bonds. The summed E-state index contributed by atoms with van der Waals surface area (Å²) in [7, 11) is 3.27. The highest BCUT2D eigenvalue weighted by Crippen LogP contribution is 2.24. The molecule has 1 aliphatic rings. The van der Waals surface area contributed by atoms with Crippen molar-refractivity contribution in [2.24, 2.45) is 0 Å². The molecule has 32 heavy (non-hydrogen) atoms. The zero-order valence-electron chi connectivity index (χ0n) is 18.9. The molecule has 2 N–H and O–H groups in total. The van der Waals surface area contributed by atoms with Gasteiger partial charge in [0.25, 0.3) is 0 Å². The van der Waals surface area contributed by atoms with E-state index in [0.29, 0.717) is 6.54 Å². The monoisotopic (exact) mass is 442 g/mol. The van der Waals surface area contributed by atoms with Crippen molar-refractivity contribution < 1.29 is 24.4 Å². The third-order valence-electron chi connectivity index (χ3n) is 5.51. The first-order chi connectivity index (χ1) is 15.6. The van der Waals surface area contributed by atoms with Gasteiger partial charge in [-0.05, 0) is 35.4 Å². The second-order valence-electron chi connectivity index (χ2n) is 7.88. The van der Waals surface area contributed by atoms with Crippen molar-refractivity contribution in [2.75, 3.05) is 66.7 Å². The number of piperazine rings is 1. The van der Waals surface area contributed by atoms with E-state index in [1.165, 1.54) is 0 Å². The van der Waals surface area contributed by atoms with E-state index in [1.54, 1.807) is 14.2 Å². The van der Waals surface area contributed by atoms with Crippen LogP contribution in [0.5, 0.6) is 17.2 Å². The van der Waals surface area contributed by atoms with Crippen molar-refractivity contribution in [2.45, 2.75) is 6.10 Å². The van der Waals surface area contributed by atoms with Crippen LogP contribution in [0.25, 0.3) is 12.2 Å². The fourth-order valence-corrected chi connectivity index (χ4v) is 3.67. The maximum atomic E-state index is 10.3. The van der Waals surface area contributed by atoms with Crippen LogP contribution in [0.3, 0.4) is 0 Å². The van der Waals surface area contributed by atoms with E-state index in [2.05, 4.69) is 9.80 Å². The lowest BCUT2D eigenvalue weighted by atomic mass is 10.1. The fraction of sp³-hybridized carbons (Fsp3) is 0.440. The Morgan fingerprint density at radius 2 is 1.44 bits per heavy atom. The number of nitrogens with zero attached hydrogens (tertiary/aromatic N) is 2. The van der Waals surface area contributed by atoms with Crippen molar-refractivity contribution in [3.8, 4) is 17.2 Å². The number of hydrogen-bond donors (Lipinski definition) is 2. The molecule has 0 aliphatic carbocycles. The van der Waals surface area contributed by atoms with E-state index in [-0.39, 0.29) is 13.2 Å². The number of ether oxygens (including phenoxy) is 3. The number of aliphatic hydroxyl groups is 2. The normalized spacial score (nSPS) is 16.2. The molecule has 1 aliphatic heterocycles. The topological polar surface area (TPSA) is 74.6 Å². The summed E-state index contributed by atoms with van der Waals surface area (Å²) in [5.74, 6) is 2.23. The Kier molecular flexibility index (Phi) is 9.37. The van der Waals surface area contributed by atoms with Crippen LogP contribution in [0.1, 0.15) is 11.1 Å². The minimum atomic E-state index is -0.540. The molecule has 7 heteroatoms. The predicted octanol–water partition coefficient (Wildman–Crippen LogP) is 2.22. The Labute approximate surface area is 190 Å². The van der Waals surface area contributed by atoms with Gasteiger partial charge in [-0.15, -0.1) is 0 Å². The molecule has 0 aromatic heterocycles. The van der Waals surface area contributed by atoms with Crippen LogP contribution in [0, 0.1) is 0 Å². The molecule has 1 fully saturated rings.